The summed E-state index contributed by atoms with van der Waals surface area (Å²) in [6, 6.07) is 9.13. The summed E-state index contributed by atoms with van der Waals surface area (Å²) in [4.78, 5) is 12.6. The molecule has 0 saturated carbocycles. The molecule has 1 N–H and O–H groups in total. The highest BCUT2D eigenvalue weighted by Gasteiger charge is 2.29. The second kappa shape index (κ2) is 6.87. The van der Waals surface area contributed by atoms with Crippen LogP contribution >= 0.6 is 0 Å². The molecule has 136 valence electrons. The number of ether oxygens (including phenoxy) is 2. The molecule has 0 radical (unpaired) electrons. The summed E-state index contributed by atoms with van der Waals surface area (Å²) >= 11 is 0. The first kappa shape index (κ1) is 18.1. The minimum absolute atomic E-state index is 0.0223. The van der Waals surface area contributed by atoms with Gasteiger partial charge in [0.15, 0.2) is 5.78 Å². The SMILES string of the molecule is COc1cc(/C=C/C(=O)c2ccc3c(c2O)CCC(C)(C)O3)ccc1C. The van der Waals surface area contributed by atoms with Gasteiger partial charge in [0.05, 0.1) is 12.7 Å². The van der Waals surface area contributed by atoms with Gasteiger partial charge in [-0.2, -0.15) is 0 Å². The van der Waals surface area contributed by atoms with Crippen molar-refractivity contribution in [2.45, 2.75) is 39.2 Å². The van der Waals surface area contributed by atoms with Crippen LogP contribution in [0.15, 0.2) is 36.4 Å². The van der Waals surface area contributed by atoms with E-state index in [1.165, 1.54) is 6.08 Å². The molecule has 0 amide bonds. The van der Waals surface area contributed by atoms with E-state index in [9.17, 15) is 9.90 Å². The smallest absolute Gasteiger partial charge is 0.189 e. The highest BCUT2D eigenvalue weighted by molar-refractivity contribution is 6.09. The molecule has 0 unspecified atom stereocenters. The van der Waals surface area contributed by atoms with Crippen molar-refractivity contribution in [3.05, 3.63) is 58.7 Å². The number of hydrogen-bond donors (Lipinski definition) is 1. The molecular formula is C22H24O4. The fourth-order valence-corrected chi connectivity index (χ4v) is 3.13. The first-order chi connectivity index (χ1) is 12.3. The Labute approximate surface area is 154 Å². The van der Waals surface area contributed by atoms with Crippen LogP contribution in [0, 0.1) is 6.92 Å². The van der Waals surface area contributed by atoms with Crippen molar-refractivity contribution < 1.29 is 19.4 Å². The zero-order chi connectivity index (χ0) is 18.9. The number of carbonyl (C=O) groups excluding carboxylic acids is 1. The number of ketones is 1. The van der Waals surface area contributed by atoms with E-state index < -0.39 is 0 Å². The predicted octanol–water partition coefficient (Wildman–Crippen LogP) is 4.71. The highest BCUT2D eigenvalue weighted by atomic mass is 16.5. The van der Waals surface area contributed by atoms with E-state index in [1.54, 1.807) is 25.3 Å². The second-order valence-corrected chi connectivity index (χ2v) is 7.23. The van der Waals surface area contributed by atoms with Crippen molar-refractivity contribution in [1.82, 2.24) is 0 Å². The molecule has 0 aromatic heterocycles. The van der Waals surface area contributed by atoms with Gasteiger partial charge < -0.3 is 14.6 Å². The molecule has 0 fully saturated rings. The van der Waals surface area contributed by atoms with Crippen molar-refractivity contribution >= 4 is 11.9 Å². The average molecular weight is 352 g/mol. The number of benzene rings is 2. The number of hydrogen-bond acceptors (Lipinski definition) is 4. The van der Waals surface area contributed by atoms with Gasteiger partial charge in [0, 0.05) is 5.56 Å². The van der Waals surface area contributed by atoms with Crippen molar-refractivity contribution in [2.75, 3.05) is 7.11 Å². The number of phenolic OH excluding ortho intramolecular Hbond substituents is 1. The standard InChI is InChI=1S/C22H24O4/c1-14-5-6-15(13-20(14)25-4)7-9-18(23)16-8-10-19-17(21(16)24)11-12-22(2,3)26-19/h5-10,13,24H,11-12H2,1-4H3/b9-7+. The van der Waals surface area contributed by atoms with E-state index in [2.05, 4.69) is 0 Å². The van der Waals surface area contributed by atoms with Crippen molar-refractivity contribution in [2.24, 2.45) is 0 Å². The van der Waals surface area contributed by atoms with Gasteiger partial charge in [0.25, 0.3) is 0 Å². The third-order valence-corrected chi connectivity index (χ3v) is 4.73. The number of carbonyl (C=O) groups is 1. The summed E-state index contributed by atoms with van der Waals surface area (Å²) in [6.45, 7) is 6.00. The summed E-state index contributed by atoms with van der Waals surface area (Å²) < 4.78 is 11.2. The number of aryl methyl sites for hydroxylation is 1. The highest BCUT2D eigenvalue weighted by Crippen LogP contribution is 2.39. The molecule has 4 nitrogen and oxygen atoms in total. The Hall–Kier alpha value is -2.75. The third kappa shape index (κ3) is 3.59. The first-order valence-corrected chi connectivity index (χ1v) is 8.71. The zero-order valence-corrected chi connectivity index (χ0v) is 15.6. The van der Waals surface area contributed by atoms with E-state index in [-0.39, 0.29) is 17.1 Å². The maximum absolute atomic E-state index is 12.6. The van der Waals surface area contributed by atoms with E-state index in [4.69, 9.17) is 9.47 Å². The van der Waals surface area contributed by atoms with Gasteiger partial charge in [0.1, 0.15) is 22.8 Å². The molecule has 2 aromatic rings. The summed E-state index contributed by atoms with van der Waals surface area (Å²) in [5.74, 6) is 1.21. The van der Waals surface area contributed by atoms with Crippen LogP contribution in [0.5, 0.6) is 17.2 Å². The molecule has 1 heterocycles. The largest absolute Gasteiger partial charge is 0.507 e. The minimum atomic E-state index is -0.255. The molecule has 2 aromatic carbocycles. The molecule has 0 atom stereocenters. The topological polar surface area (TPSA) is 55.8 Å². The van der Waals surface area contributed by atoms with Crippen LogP contribution in [-0.2, 0) is 6.42 Å². The summed E-state index contributed by atoms with van der Waals surface area (Å²) in [5.41, 5.74) is 2.65. The maximum atomic E-state index is 12.6. The third-order valence-electron chi connectivity index (χ3n) is 4.73. The molecule has 1 aliphatic heterocycles. The van der Waals surface area contributed by atoms with Crippen LogP contribution in [0.25, 0.3) is 6.08 Å². The molecule has 0 bridgehead atoms. The van der Waals surface area contributed by atoms with Crippen LogP contribution in [0.2, 0.25) is 0 Å². The Morgan fingerprint density at radius 1 is 1.27 bits per heavy atom. The van der Waals surface area contributed by atoms with Gasteiger partial charge in [-0.25, -0.2) is 0 Å². The lowest BCUT2D eigenvalue weighted by Gasteiger charge is -2.33. The van der Waals surface area contributed by atoms with Crippen molar-refractivity contribution in [1.29, 1.82) is 0 Å². The van der Waals surface area contributed by atoms with Crippen LogP contribution in [0.1, 0.15) is 47.3 Å². The Bertz CT molecular complexity index is 878. The van der Waals surface area contributed by atoms with E-state index >= 15 is 0 Å². The number of methoxy groups -OCH3 is 1. The summed E-state index contributed by atoms with van der Waals surface area (Å²) in [5, 5.41) is 10.5. The summed E-state index contributed by atoms with van der Waals surface area (Å²) in [7, 11) is 1.62. The molecule has 0 saturated heterocycles. The average Bonchev–Trinajstić information content (AvgIpc) is 2.60. The Balaban J connectivity index is 1.85. The second-order valence-electron chi connectivity index (χ2n) is 7.23. The fraction of sp³-hybridized carbons (Fsp3) is 0.318. The number of phenols is 1. The minimum Gasteiger partial charge on any atom is -0.507 e. The van der Waals surface area contributed by atoms with E-state index in [1.807, 2.05) is 39.0 Å². The van der Waals surface area contributed by atoms with Gasteiger partial charge in [0.2, 0.25) is 0 Å². The normalized spacial score (nSPS) is 15.4. The van der Waals surface area contributed by atoms with Crippen molar-refractivity contribution in [3.8, 4) is 17.2 Å². The summed E-state index contributed by atoms with van der Waals surface area (Å²) in [6.07, 6.45) is 4.68. The van der Waals surface area contributed by atoms with E-state index in [0.717, 1.165) is 23.3 Å². The molecule has 0 spiro atoms. The number of rotatable bonds is 4. The van der Waals surface area contributed by atoms with Gasteiger partial charge in [-0.3, -0.25) is 4.79 Å². The number of fused-ring (bicyclic) bond motifs is 1. The van der Waals surface area contributed by atoms with Gasteiger partial charge >= 0.3 is 0 Å². The maximum Gasteiger partial charge on any atom is 0.189 e. The number of allylic oxidation sites excluding steroid dienone is 1. The van der Waals surface area contributed by atoms with Crippen LogP contribution in [0.3, 0.4) is 0 Å². The van der Waals surface area contributed by atoms with Crippen molar-refractivity contribution in [3.63, 3.8) is 0 Å². The Morgan fingerprint density at radius 3 is 2.77 bits per heavy atom. The molecule has 3 rings (SSSR count). The van der Waals surface area contributed by atoms with Gasteiger partial charge in [-0.05, 0) is 69.0 Å². The van der Waals surface area contributed by atoms with Crippen LogP contribution < -0.4 is 9.47 Å². The molecule has 26 heavy (non-hydrogen) atoms. The zero-order valence-electron chi connectivity index (χ0n) is 15.6. The van der Waals surface area contributed by atoms with Crippen LogP contribution in [-0.4, -0.2) is 23.6 Å². The van der Waals surface area contributed by atoms with E-state index in [0.29, 0.717) is 23.3 Å². The Morgan fingerprint density at radius 2 is 2.04 bits per heavy atom. The molecule has 4 heteroatoms. The molecule has 1 aliphatic rings. The lowest BCUT2D eigenvalue weighted by atomic mass is 9.91. The first-order valence-electron chi connectivity index (χ1n) is 8.71. The van der Waals surface area contributed by atoms with Gasteiger partial charge in [-0.1, -0.05) is 18.2 Å². The van der Waals surface area contributed by atoms with Gasteiger partial charge in [-0.15, -0.1) is 0 Å². The van der Waals surface area contributed by atoms with Crippen LogP contribution in [0.4, 0.5) is 0 Å². The molecule has 0 aliphatic carbocycles. The quantitative estimate of drug-likeness (QED) is 0.639. The Kier molecular flexibility index (Phi) is 4.77. The fourth-order valence-electron chi connectivity index (χ4n) is 3.13. The molecular weight excluding hydrogens is 328 g/mol. The number of aromatic hydroxyl groups is 1. The lowest BCUT2D eigenvalue weighted by molar-refractivity contribution is 0.0836. The monoisotopic (exact) mass is 352 g/mol. The predicted molar refractivity (Wildman–Crippen MR) is 102 cm³/mol. The lowest BCUT2D eigenvalue weighted by Crippen LogP contribution is -2.32.